The molecule has 2 aromatic heterocycles. The first-order valence-electron chi connectivity index (χ1n) is 3.86. The molecule has 2 rings (SSSR count). The molecule has 0 atom stereocenters. The van der Waals surface area contributed by atoms with E-state index in [1.165, 1.54) is 0 Å². The van der Waals surface area contributed by atoms with Gasteiger partial charge in [0.15, 0.2) is 5.65 Å². The molecule has 0 amide bonds. The summed E-state index contributed by atoms with van der Waals surface area (Å²) in [7, 11) is 3.99. The minimum Gasteiger partial charge on any atom is -0.378 e. The van der Waals surface area contributed by atoms with Crippen LogP contribution < -0.4 is 4.90 Å². The smallest absolute Gasteiger partial charge is 0.204 e. The van der Waals surface area contributed by atoms with Crippen molar-refractivity contribution in [3.05, 3.63) is 23.1 Å². The SMILES string of the molecule is CN(C)c1ccn2c(Br)nnc2c1. The van der Waals surface area contributed by atoms with Gasteiger partial charge >= 0.3 is 0 Å². The maximum Gasteiger partial charge on any atom is 0.204 e. The Balaban J connectivity index is 2.63. The molecule has 0 unspecified atom stereocenters. The first-order chi connectivity index (χ1) is 6.18. The maximum atomic E-state index is 4.00. The van der Waals surface area contributed by atoms with Gasteiger partial charge in [-0.1, -0.05) is 0 Å². The van der Waals surface area contributed by atoms with E-state index in [4.69, 9.17) is 0 Å². The third-order valence-corrected chi connectivity index (χ3v) is 2.41. The lowest BCUT2D eigenvalue weighted by molar-refractivity contribution is 1.05. The van der Waals surface area contributed by atoms with Crippen molar-refractivity contribution in [1.29, 1.82) is 0 Å². The van der Waals surface area contributed by atoms with E-state index < -0.39 is 0 Å². The second-order valence-electron chi connectivity index (χ2n) is 2.98. The molecular weight excluding hydrogens is 232 g/mol. The Morgan fingerprint density at radius 2 is 2.15 bits per heavy atom. The van der Waals surface area contributed by atoms with Crippen LogP contribution in [0.3, 0.4) is 0 Å². The summed E-state index contributed by atoms with van der Waals surface area (Å²) in [6.07, 6.45) is 1.94. The number of hydrogen-bond acceptors (Lipinski definition) is 3. The second kappa shape index (κ2) is 2.99. The van der Waals surface area contributed by atoms with Gasteiger partial charge in [0.25, 0.3) is 0 Å². The predicted molar refractivity (Wildman–Crippen MR) is 55.0 cm³/mol. The molecule has 4 nitrogen and oxygen atoms in total. The summed E-state index contributed by atoms with van der Waals surface area (Å²) in [5, 5.41) is 7.91. The lowest BCUT2D eigenvalue weighted by Crippen LogP contribution is -2.08. The zero-order chi connectivity index (χ0) is 9.42. The number of anilines is 1. The van der Waals surface area contributed by atoms with Crippen LogP contribution in [0, 0.1) is 0 Å². The van der Waals surface area contributed by atoms with Gasteiger partial charge in [0.1, 0.15) is 0 Å². The van der Waals surface area contributed by atoms with Crippen molar-refractivity contribution in [3.63, 3.8) is 0 Å². The van der Waals surface area contributed by atoms with Crippen molar-refractivity contribution in [2.75, 3.05) is 19.0 Å². The van der Waals surface area contributed by atoms with E-state index in [9.17, 15) is 0 Å². The Hall–Kier alpha value is -1.10. The first kappa shape index (κ1) is 8.50. The first-order valence-corrected chi connectivity index (χ1v) is 4.65. The molecule has 0 bridgehead atoms. The van der Waals surface area contributed by atoms with Crippen LogP contribution in [0.5, 0.6) is 0 Å². The summed E-state index contributed by atoms with van der Waals surface area (Å²) in [5.41, 5.74) is 1.96. The number of hydrogen-bond donors (Lipinski definition) is 0. The average Bonchev–Trinajstić information content (AvgIpc) is 2.47. The fourth-order valence-corrected chi connectivity index (χ4v) is 1.51. The Kier molecular flexibility index (Phi) is 1.95. The lowest BCUT2D eigenvalue weighted by atomic mass is 10.4. The molecule has 0 radical (unpaired) electrons. The van der Waals surface area contributed by atoms with Gasteiger partial charge in [-0.3, -0.25) is 4.40 Å². The fourth-order valence-electron chi connectivity index (χ4n) is 1.13. The zero-order valence-corrected chi connectivity index (χ0v) is 8.98. The van der Waals surface area contributed by atoms with E-state index in [0.29, 0.717) is 0 Å². The van der Waals surface area contributed by atoms with Crippen LogP contribution in [0.25, 0.3) is 5.65 Å². The van der Waals surface area contributed by atoms with E-state index >= 15 is 0 Å². The van der Waals surface area contributed by atoms with Gasteiger partial charge in [-0.25, -0.2) is 0 Å². The van der Waals surface area contributed by atoms with E-state index in [2.05, 4.69) is 26.1 Å². The summed E-state index contributed by atoms with van der Waals surface area (Å²) in [5.74, 6) is 0. The molecule has 0 spiro atoms. The molecule has 5 heteroatoms. The minimum atomic E-state index is 0.729. The third kappa shape index (κ3) is 1.39. The molecule has 68 valence electrons. The highest BCUT2D eigenvalue weighted by Crippen LogP contribution is 2.16. The van der Waals surface area contributed by atoms with E-state index in [-0.39, 0.29) is 0 Å². The van der Waals surface area contributed by atoms with E-state index in [1.54, 1.807) is 0 Å². The zero-order valence-electron chi connectivity index (χ0n) is 7.40. The molecule has 2 aromatic rings. The predicted octanol–water partition coefficient (Wildman–Crippen LogP) is 1.56. The number of rotatable bonds is 1. The Morgan fingerprint density at radius 3 is 2.85 bits per heavy atom. The quantitative estimate of drug-likeness (QED) is 0.759. The van der Waals surface area contributed by atoms with Crippen molar-refractivity contribution in [2.24, 2.45) is 0 Å². The Morgan fingerprint density at radius 1 is 1.38 bits per heavy atom. The summed E-state index contributed by atoms with van der Waals surface area (Å²) in [6.45, 7) is 0. The number of pyridine rings is 1. The monoisotopic (exact) mass is 240 g/mol. The summed E-state index contributed by atoms with van der Waals surface area (Å²) >= 11 is 3.30. The van der Waals surface area contributed by atoms with Crippen molar-refractivity contribution in [2.45, 2.75) is 0 Å². The van der Waals surface area contributed by atoms with E-state index in [0.717, 1.165) is 16.1 Å². The molecule has 0 aliphatic heterocycles. The molecule has 0 aliphatic carbocycles. The standard InChI is InChI=1S/C8H9BrN4/c1-12(2)6-3-4-13-7(5-6)10-11-8(13)9/h3-5H,1-2H3. The van der Waals surface area contributed by atoms with Crippen LogP contribution in [0.15, 0.2) is 23.1 Å². The molecule has 0 N–H and O–H groups in total. The highest BCUT2D eigenvalue weighted by molar-refractivity contribution is 9.10. The summed E-state index contributed by atoms with van der Waals surface area (Å²) < 4.78 is 2.61. The number of halogens is 1. The maximum absolute atomic E-state index is 4.00. The van der Waals surface area contributed by atoms with Crippen LogP contribution in [0.1, 0.15) is 0 Å². The average molecular weight is 241 g/mol. The van der Waals surface area contributed by atoms with Crippen LogP contribution in [-0.4, -0.2) is 28.7 Å². The topological polar surface area (TPSA) is 33.4 Å². The van der Waals surface area contributed by atoms with Crippen LogP contribution >= 0.6 is 15.9 Å². The molecule has 0 aliphatic rings. The number of nitrogens with zero attached hydrogens (tertiary/aromatic N) is 4. The highest BCUT2D eigenvalue weighted by atomic mass is 79.9. The van der Waals surface area contributed by atoms with Gasteiger partial charge in [-0.15, -0.1) is 10.2 Å². The molecule has 0 aromatic carbocycles. The molecule has 0 fully saturated rings. The van der Waals surface area contributed by atoms with Crippen LogP contribution in [0.2, 0.25) is 0 Å². The Labute approximate surface area is 84.3 Å². The second-order valence-corrected chi connectivity index (χ2v) is 3.69. The van der Waals surface area contributed by atoms with Crippen LogP contribution in [0.4, 0.5) is 5.69 Å². The van der Waals surface area contributed by atoms with Gasteiger partial charge in [-0.2, -0.15) is 0 Å². The van der Waals surface area contributed by atoms with Crippen molar-refractivity contribution in [1.82, 2.24) is 14.6 Å². The largest absolute Gasteiger partial charge is 0.378 e. The molecule has 0 saturated heterocycles. The highest BCUT2D eigenvalue weighted by Gasteiger charge is 2.02. The van der Waals surface area contributed by atoms with Crippen LogP contribution in [-0.2, 0) is 0 Å². The molecule has 13 heavy (non-hydrogen) atoms. The van der Waals surface area contributed by atoms with Gasteiger partial charge < -0.3 is 4.90 Å². The normalized spacial score (nSPS) is 10.7. The van der Waals surface area contributed by atoms with Crippen molar-refractivity contribution < 1.29 is 0 Å². The molecule has 2 heterocycles. The number of aromatic nitrogens is 3. The van der Waals surface area contributed by atoms with Crippen molar-refractivity contribution >= 4 is 27.3 Å². The summed E-state index contributed by atoms with van der Waals surface area (Å²) in [4.78, 5) is 2.03. The van der Waals surface area contributed by atoms with Gasteiger partial charge in [-0.05, 0) is 22.0 Å². The van der Waals surface area contributed by atoms with Crippen molar-refractivity contribution in [3.8, 4) is 0 Å². The lowest BCUT2D eigenvalue weighted by Gasteiger charge is -2.11. The van der Waals surface area contributed by atoms with Gasteiger partial charge in [0, 0.05) is 32.0 Å². The van der Waals surface area contributed by atoms with Gasteiger partial charge in [0.05, 0.1) is 0 Å². The minimum absolute atomic E-state index is 0.729. The van der Waals surface area contributed by atoms with Gasteiger partial charge in [0.2, 0.25) is 4.73 Å². The summed E-state index contributed by atoms with van der Waals surface area (Å²) in [6, 6.07) is 4.00. The van der Waals surface area contributed by atoms with E-state index in [1.807, 2.05) is 41.7 Å². The fraction of sp³-hybridized carbons (Fsp3) is 0.250. The Bertz CT molecular complexity index is 435. The molecule has 0 saturated carbocycles. The third-order valence-electron chi connectivity index (χ3n) is 1.87. The molecular formula is C8H9BrN4. The number of fused-ring (bicyclic) bond motifs is 1.